The van der Waals surface area contributed by atoms with E-state index in [0.717, 1.165) is 19.5 Å². The van der Waals surface area contributed by atoms with E-state index >= 15 is 0 Å². The number of carboxylic acids is 2. The van der Waals surface area contributed by atoms with Crippen molar-refractivity contribution in [2.24, 2.45) is 0 Å². The van der Waals surface area contributed by atoms with Crippen LogP contribution in [0, 0.1) is 0 Å². The molecule has 2 atom stereocenters. The maximum Gasteiger partial charge on any atom is 0.414 e. The van der Waals surface area contributed by atoms with Gasteiger partial charge in [0.25, 0.3) is 0 Å². The Labute approximate surface area is 117 Å². The second kappa shape index (κ2) is 7.62. The van der Waals surface area contributed by atoms with Crippen LogP contribution in [0.3, 0.4) is 0 Å². The molecule has 1 aliphatic heterocycles. The van der Waals surface area contributed by atoms with Gasteiger partial charge in [0.15, 0.2) is 0 Å². The SMILES string of the molecule is CN1CC[C@H](O)[C@@H](c2ccccc2)C1.O=C(O)C(=O)O. The zero-order valence-corrected chi connectivity index (χ0v) is 11.3. The van der Waals surface area contributed by atoms with Crippen LogP contribution >= 0.6 is 0 Å². The monoisotopic (exact) mass is 281 g/mol. The van der Waals surface area contributed by atoms with E-state index in [1.165, 1.54) is 5.56 Å². The average Bonchev–Trinajstić information content (AvgIpc) is 2.43. The highest BCUT2D eigenvalue weighted by atomic mass is 16.4. The first-order valence-corrected chi connectivity index (χ1v) is 6.29. The molecule has 3 N–H and O–H groups in total. The first kappa shape index (κ1) is 16.1. The second-order valence-corrected chi connectivity index (χ2v) is 4.75. The summed E-state index contributed by atoms with van der Waals surface area (Å²) in [5, 5.41) is 24.7. The largest absolute Gasteiger partial charge is 0.473 e. The Kier molecular flexibility index (Phi) is 6.14. The molecule has 1 aromatic carbocycles. The lowest BCUT2D eigenvalue weighted by molar-refractivity contribution is -0.159. The quantitative estimate of drug-likeness (QED) is 0.653. The molecule has 0 spiro atoms. The number of benzene rings is 1. The minimum absolute atomic E-state index is 0.173. The molecule has 1 aliphatic rings. The molecular formula is C14H19NO5. The van der Waals surface area contributed by atoms with E-state index < -0.39 is 11.9 Å². The fourth-order valence-electron chi connectivity index (χ4n) is 2.13. The van der Waals surface area contributed by atoms with E-state index in [1.807, 2.05) is 18.2 Å². The van der Waals surface area contributed by atoms with Gasteiger partial charge in [-0.15, -0.1) is 0 Å². The molecule has 1 aromatic rings. The van der Waals surface area contributed by atoms with Gasteiger partial charge in [-0.3, -0.25) is 0 Å². The van der Waals surface area contributed by atoms with E-state index in [0.29, 0.717) is 0 Å². The van der Waals surface area contributed by atoms with Crippen molar-refractivity contribution >= 4 is 11.9 Å². The third kappa shape index (κ3) is 4.99. The Hall–Kier alpha value is -1.92. The zero-order chi connectivity index (χ0) is 15.1. The number of aliphatic hydroxyl groups is 1. The summed E-state index contributed by atoms with van der Waals surface area (Å²) in [6.07, 6.45) is 0.712. The van der Waals surface area contributed by atoms with Gasteiger partial charge in [0.1, 0.15) is 0 Å². The number of aliphatic hydroxyl groups excluding tert-OH is 1. The lowest BCUT2D eigenvalue weighted by Crippen LogP contribution is -2.39. The molecule has 20 heavy (non-hydrogen) atoms. The standard InChI is InChI=1S/C12H17NO.C2H2O4/c1-13-8-7-12(14)11(9-13)10-5-3-2-4-6-10;3-1(4)2(5)6/h2-6,11-12,14H,7-9H2,1H3;(H,3,4)(H,5,6)/t11-,12+;/m1./s1. The van der Waals surface area contributed by atoms with Crippen molar-refractivity contribution in [2.45, 2.75) is 18.4 Å². The zero-order valence-electron chi connectivity index (χ0n) is 11.3. The summed E-state index contributed by atoms with van der Waals surface area (Å²) < 4.78 is 0. The van der Waals surface area contributed by atoms with Gasteiger partial charge in [0, 0.05) is 19.0 Å². The lowest BCUT2D eigenvalue weighted by Gasteiger charge is -2.34. The first-order chi connectivity index (χ1) is 9.41. The van der Waals surface area contributed by atoms with Crippen molar-refractivity contribution in [3.05, 3.63) is 35.9 Å². The third-order valence-electron chi connectivity index (χ3n) is 3.19. The minimum atomic E-state index is -1.82. The van der Waals surface area contributed by atoms with Crippen molar-refractivity contribution < 1.29 is 24.9 Å². The molecule has 1 saturated heterocycles. The predicted molar refractivity (Wildman–Crippen MR) is 72.6 cm³/mol. The van der Waals surface area contributed by atoms with Crippen molar-refractivity contribution in [3.63, 3.8) is 0 Å². The number of rotatable bonds is 1. The summed E-state index contributed by atoms with van der Waals surface area (Å²) in [6, 6.07) is 10.3. The molecule has 0 unspecified atom stereocenters. The first-order valence-electron chi connectivity index (χ1n) is 6.29. The Morgan fingerprint density at radius 1 is 1.15 bits per heavy atom. The van der Waals surface area contributed by atoms with Crippen LogP contribution in [0.25, 0.3) is 0 Å². The van der Waals surface area contributed by atoms with E-state index in [4.69, 9.17) is 19.8 Å². The Bertz CT molecular complexity index is 436. The molecule has 0 amide bonds. The summed E-state index contributed by atoms with van der Waals surface area (Å²) in [5.41, 5.74) is 1.26. The molecule has 110 valence electrons. The highest BCUT2D eigenvalue weighted by molar-refractivity contribution is 6.27. The highest BCUT2D eigenvalue weighted by Gasteiger charge is 2.26. The van der Waals surface area contributed by atoms with Gasteiger partial charge in [-0.2, -0.15) is 0 Å². The molecule has 6 heteroatoms. The number of carboxylic acid groups (broad SMARTS) is 2. The minimum Gasteiger partial charge on any atom is -0.473 e. The van der Waals surface area contributed by atoms with Crippen LogP contribution in [0.5, 0.6) is 0 Å². The number of hydrogen-bond donors (Lipinski definition) is 3. The number of piperidine rings is 1. The lowest BCUT2D eigenvalue weighted by atomic mass is 9.88. The number of hydrogen-bond acceptors (Lipinski definition) is 4. The van der Waals surface area contributed by atoms with Crippen molar-refractivity contribution in [3.8, 4) is 0 Å². The van der Waals surface area contributed by atoms with Gasteiger partial charge < -0.3 is 20.2 Å². The molecule has 0 saturated carbocycles. The van der Waals surface area contributed by atoms with E-state index in [2.05, 4.69) is 24.1 Å². The maximum absolute atomic E-state index is 9.91. The van der Waals surface area contributed by atoms with Gasteiger partial charge in [-0.1, -0.05) is 30.3 Å². The molecule has 2 rings (SSSR count). The van der Waals surface area contributed by atoms with Crippen molar-refractivity contribution in [2.75, 3.05) is 20.1 Å². The van der Waals surface area contributed by atoms with E-state index in [-0.39, 0.29) is 12.0 Å². The molecule has 1 heterocycles. The molecular weight excluding hydrogens is 262 g/mol. The smallest absolute Gasteiger partial charge is 0.414 e. The van der Waals surface area contributed by atoms with Gasteiger partial charge in [-0.25, -0.2) is 9.59 Å². The van der Waals surface area contributed by atoms with E-state index in [1.54, 1.807) is 0 Å². The van der Waals surface area contributed by atoms with Gasteiger partial charge in [-0.05, 0) is 19.0 Å². The predicted octanol–water partition coefficient (Wildman–Crippen LogP) is 0.622. The number of aliphatic carboxylic acids is 2. The summed E-state index contributed by atoms with van der Waals surface area (Å²) in [6.45, 7) is 1.97. The molecule has 0 aromatic heterocycles. The van der Waals surface area contributed by atoms with E-state index in [9.17, 15) is 5.11 Å². The van der Waals surface area contributed by atoms with Gasteiger partial charge in [0.2, 0.25) is 0 Å². The Morgan fingerprint density at radius 3 is 2.20 bits per heavy atom. The fourth-order valence-corrected chi connectivity index (χ4v) is 2.13. The van der Waals surface area contributed by atoms with Crippen LogP contribution in [-0.2, 0) is 9.59 Å². The maximum atomic E-state index is 9.91. The number of likely N-dealkylation sites (N-methyl/N-ethyl adjacent to an activating group) is 1. The highest BCUT2D eigenvalue weighted by Crippen LogP contribution is 2.26. The molecule has 0 bridgehead atoms. The number of nitrogens with zero attached hydrogens (tertiary/aromatic N) is 1. The van der Waals surface area contributed by atoms with Crippen molar-refractivity contribution in [1.29, 1.82) is 0 Å². The topological polar surface area (TPSA) is 98.1 Å². The van der Waals surface area contributed by atoms with Gasteiger partial charge >= 0.3 is 11.9 Å². The third-order valence-corrected chi connectivity index (χ3v) is 3.19. The number of likely N-dealkylation sites (tertiary alicyclic amines) is 1. The Balaban J connectivity index is 0.000000286. The second-order valence-electron chi connectivity index (χ2n) is 4.75. The molecule has 0 aliphatic carbocycles. The van der Waals surface area contributed by atoms with Crippen molar-refractivity contribution in [1.82, 2.24) is 4.90 Å². The van der Waals surface area contributed by atoms with Crippen LogP contribution in [0.4, 0.5) is 0 Å². The summed E-state index contributed by atoms with van der Waals surface area (Å²) >= 11 is 0. The van der Waals surface area contributed by atoms with Crippen LogP contribution in [0.2, 0.25) is 0 Å². The van der Waals surface area contributed by atoms with Gasteiger partial charge in [0.05, 0.1) is 6.10 Å². The summed E-state index contributed by atoms with van der Waals surface area (Å²) in [5.74, 6) is -3.36. The van der Waals surface area contributed by atoms with Crippen LogP contribution < -0.4 is 0 Å². The van der Waals surface area contributed by atoms with Crippen LogP contribution in [0.1, 0.15) is 17.9 Å². The molecule has 1 fully saturated rings. The average molecular weight is 281 g/mol. The van der Waals surface area contributed by atoms with Crippen LogP contribution in [0.15, 0.2) is 30.3 Å². The normalized spacial score (nSPS) is 22.5. The number of carbonyl (C=O) groups is 2. The Morgan fingerprint density at radius 2 is 1.70 bits per heavy atom. The fraction of sp³-hybridized carbons (Fsp3) is 0.429. The van der Waals surface area contributed by atoms with Crippen LogP contribution in [-0.4, -0.2) is 58.4 Å². The molecule has 6 nitrogen and oxygen atoms in total. The summed E-state index contributed by atoms with van der Waals surface area (Å²) in [4.78, 5) is 20.5. The molecule has 0 radical (unpaired) electrons. The summed E-state index contributed by atoms with van der Waals surface area (Å²) in [7, 11) is 2.11.